The summed E-state index contributed by atoms with van der Waals surface area (Å²) < 4.78 is 0. The average Bonchev–Trinajstić information content (AvgIpc) is 2.29. The van der Waals surface area contributed by atoms with Crippen molar-refractivity contribution in [2.75, 3.05) is 0 Å². The molecule has 0 bridgehead atoms. The van der Waals surface area contributed by atoms with Gasteiger partial charge < -0.3 is 5.11 Å². The van der Waals surface area contributed by atoms with Crippen molar-refractivity contribution in [2.24, 2.45) is 0 Å². The average molecular weight is 242 g/mol. The first-order chi connectivity index (χ1) is 8.06. The smallest absolute Gasteiger partial charge is 0.335 e. The quantitative estimate of drug-likeness (QED) is 0.852. The van der Waals surface area contributed by atoms with Gasteiger partial charge in [0.1, 0.15) is 0 Å². The van der Waals surface area contributed by atoms with Gasteiger partial charge in [0.15, 0.2) is 0 Å². The summed E-state index contributed by atoms with van der Waals surface area (Å²) in [6, 6.07) is 13.5. The lowest BCUT2D eigenvalue weighted by atomic mass is 9.99. The van der Waals surface area contributed by atoms with E-state index < -0.39 is 5.97 Å². The van der Waals surface area contributed by atoms with E-state index in [9.17, 15) is 4.79 Å². The van der Waals surface area contributed by atoms with Crippen molar-refractivity contribution < 1.29 is 9.90 Å². The second-order valence-corrected chi connectivity index (χ2v) is 4.26. The van der Waals surface area contributed by atoms with Gasteiger partial charge in [0.05, 0.1) is 5.56 Å². The molecule has 0 heterocycles. The molecule has 0 fully saturated rings. The molecule has 0 aliphatic rings. The van der Waals surface area contributed by atoms with Crippen molar-refractivity contribution in [3.63, 3.8) is 0 Å². The Hall–Kier alpha value is -2.09. The summed E-state index contributed by atoms with van der Waals surface area (Å²) >= 11 is 0. The summed E-state index contributed by atoms with van der Waals surface area (Å²) in [6.07, 6.45) is 0. The molecule has 0 saturated carbocycles. The summed E-state index contributed by atoms with van der Waals surface area (Å²) in [5, 5.41) is 9.02. The number of hydrogen-bond acceptors (Lipinski definition) is 1. The SMILES string of the molecule is C.Cc1ccc(-c2cc(C)cc(C(=O)O)c2)cc1. The Morgan fingerprint density at radius 1 is 0.889 bits per heavy atom. The maximum Gasteiger partial charge on any atom is 0.335 e. The van der Waals surface area contributed by atoms with Crippen LogP contribution in [0.2, 0.25) is 0 Å². The molecule has 0 spiro atoms. The highest BCUT2D eigenvalue weighted by Crippen LogP contribution is 2.22. The Bertz CT molecular complexity index is 554. The van der Waals surface area contributed by atoms with Crippen LogP contribution in [0.1, 0.15) is 28.9 Å². The molecule has 2 rings (SSSR count). The Morgan fingerprint density at radius 2 is 1.50 bits per heavy atom. The number of aromatic carboxylic acids is 1. The summed E-state index contributed by atoms with van der Waals surface area (Å²) in [4.78, 5) is 11.0. The van der Waals surface area contributed by atoms with Crippen molar-refractivity contribution in [2.45, 2.75) is 21.3 Å². The van der Waals surface area contributed by atoms with Gasteiger partial charge in [-0.05, 0) is 42.7 Å². The standard InChI is InChI=1S/C15H14O2.CH4/c1-10-3-5-12(6-4-10)13-7-11(2)8-14(9-13)15(16)17;/h3-9H,1-2H3,(H,16,17);1H4. The third-order valence-corrected chi connectivity index (χ3v) is 2.71. The van der Waals surface area contributed by atoms with Gasteiger partial charge in [-0.15, -0.1) is 0 Å². The molecule has 0 aromatic heterocycles. The maximum atomic E-state index is 11.0. The molecule has 0 saturated heterocycles. The van der Waals surface area contributed by atoms with Gasteiger partial charge in [-0.25, -0.2) is 4.79 Å². The Balaban J connectivity index is 0.00000162. The lowest BCUT2D eigenvalue weighted by Crippen LogP contribution is -1.97. The zero-order valence-corrected chi connectivity index (χ0v) is 9.90. The zero-order chi connectivity index (χ0) is 12.4. The monoisotopic (exact) mass is 242 g/mol. The fourth-order valence-electron chi connectivity index (χ4n) is 1.82. The van der Waals surface area contributed by atoms with Crippen LogP contribution < -0.4 is 0 Å². The second kappa shape index (κ2) is 5.50. The first-order valence-corrected chi connectivity index (χ1v) is 5.48. The molecular formula is C16H18O2. The summed E-state index contributed by atoms with van der Waals surface area (Å²) in [5.41, 5.74) is 4.48. The molecule has 0 aliphatic heterocycles. The van der Waals surface area contributed by atoms with Crippen LogP contribution in [0, 0.1) is 13.8 Å². The lowest BCUT2D eigenvalue weighted by Gasteiger charge is -2.05. The second-order valence-electron chi connectivity index (χ2n) is 4.26. The van der Waals surface area contributed by atoms with E-state index in [0.717, 1.165) is 16.7 Å². The number of carbonyl (C=O) groups is 1. The Labute approximate surface area is 108 Å². The van der Waals surface area contributed by atoms with E-state index in [1.54, 1.807) is 12.1 Å². The molecule has 2 aromatic rings. The van der Waals surface area contributed by atoms with Gasteiger partial charge >= 0.3 is 5.97 Å². The van der Waals surface area contributed by atoms with E-state index in [4.69, 9.17) is 5.11 Å². The highest BCUT2D eigenvalue weighted by Gasteiger charge is 2.06. The van der Waals surface area contributed by atoms with E-state index >= 15 is 0 Å². The third kappa shape index (κ3) is 2.98. The molecule has 2 heteroatoms. The van der Waals surface area contributed by atoms with Gasteiger partial charge in [-0.1, -0.05) is 43.3 Å². The van der Waals surface area contributed by atoms with E-state index in [0.29, 0.717) is 5.56 Å². The molecule has 2 nitrogen and oxygen atoms in total. The predicted octanol–water partition coefficient (Wildman–Crippen LogP) is 4.30. The lowest BCUT2D eigenvalue weighted by molar-refractivity contribution is 0.0697. The fraction of sp³-hybridized carbons (Fsp3) is 0.188. The van der Waals surface area contributed by atoms with Crippen molar-refractivity contribution >= 4 is 5.97 Å². The van der Waals surface area contributed by atoms with Crippen LogP contribution in [0.5, 0.6) is 0 Å². The summed E-state index contributed by atoms with van der Waals surface area (Å²) in [7, 11) is 0. The number of benzene rings is 2. The fourth-order valence-corrected chi connectivity index (χ4v) is 1.82. The van der Waals surface area contributed by atoms with Crippen LogP contribution in [0.15, 0.2) is 42.5 Å². The molecule has 0 amide bonds. The molecule has 0 aliphatic carbocycles. The van der Waals surface area contributed by atoms with Crippen LogP contribution in [-0.2, 0) is 0 Å². The van der Waals surface area contributed by atoms with Crippen LogP contribution in [0.4, 0.5) is 0 Å². The van der Waals surface area contributed by atoms with Gasteiger partial charge in [0, 0.05) is 0 Å². The summed E-state index contributed by atoms with van der Waals surface area (Å²) in [5.74, 6) is -0.887. The van der Waals surface area contributed by atoms with Crippen molar-refractivity contribution in [1.29, 1.82) is 0 Å². The zero-order valence-electron chi connectivity index (χ0n) is 9.90. The first kappa shape index (κ1) is 14.0. The first-order valence-electron chi connectivity index (χ1n) is 5.48. The van der Waals surface area contributed by atoms with E-state index in [-0.39, 0.29) is 7.43 Å². The van der Waals surface area contributed by atoms with E-state index in [1.807, 2.05) is 44.2 Å². The molecule has 1 N–H and O–H groups in total. The van der Waals surface area contributed by atoms with Crippen molar-refractivity contribution in [3.8, 4) is 11.1 Å². The molecule has 0 radical (unpaired) electrons. The van der Waals surface area contributed by atoms with Gasteiger partial charge in [0.2, 0.25) is 0 Å². The minimum atomic E-state index is -0.887. The van der Waals surface area contributed by atoms with Crippen LogP contribution >= 0.6 is 0 Å². The van der Waals surface area contributed by atoms with Crippen molar-refractivity contribution in [1.82, 2.24) is 0 Å². The van der Waals surface area contributed by atoms with Gasteiger partial charge in [-0.2, -0.15) is 0 Å². The Kier molecular flexibility index (Phi) is 4.27. The molecular weight excluding hydrogens is 224 g/mol. The molecule has 2 aromatic carbocycles. The predicted molar refractivity (Wildman–Crippen MR) is 75.0 cm³/mol. The number of hydrogen-bond donors (Lipinski definition) is 1. The Morgan fingerprint density at radius 3 is 2.06 bits per heavy atom. The molecule has 94 valence electrons. The largest absolute Gasteiger partial charge is 0.478 e. The van der Waals surface area contributed by atoms with Gasteiger partial charge in [0.25, 0.3) is 0 Å². The van der Waals surface area contributed by atoms with Gasteiger partial charge in [-0.3, -0.25) is 0 Å². The minimum Gasteiger partial charge on any atom is -0.478 e. The normalized spacial score (nSPS) is 9.67. The van der Waals surface area contributed by atoms with Crippen LogP contribution in [-0.4, -0.2) is 11.1 Å². The number of carboxylic acid groups (broad SMARTS) is 1. The number of carboxylic acids is 1. The van der Waals surface area contributed by atoms with Crippen molar-refractivity contribution in [3.05, 3.63) is 59.2 Å². The highest BCUT2D eigenvalue weighted by atomic mass is 16.4. The molecule has 0 atom stereocenters. The molecule has 0 unspecified atom stereocenters. The summed E-state index contributed by atoms with van der Waals surface area (Å²) in [6.45, 7) is 3.94. The number of aryl methyl sites for hydroxylation is 2. The molecule has 18 heavy (non-hydrogen) atoms. The van der Waals surface area contributed by atoms with E-state index in [2.05, 4.69) is 0 Å². The minimum absolute atomic E-state index is 0. The number of rotatable bonds is 2. The third-order valence-electron chi connectivity index (χ3n) is 2.71. The van der Waals surface area contributed by atoms with Crippen LogP contribution in [0.3, 0.4) is 0 Å². The topological polar surface area (TPSA) is 37.3 Å². The van der Waals surface area contributed by atoms with E-state index in [1.165, 1.54) is 5.56 Å². The highest BCUT2D eigenvalue weighted by molar-refractivity contribution is 5.89. The van der Waals surface area contributed by atoms with Crippen LogP contribution in [0.25, 0.3) is 11.1 Å². The maximum absolute atomic E-state index is 11.0.